The molecule has 1 aliphatic heterocycles. The molecule has 0 radical (unpaired) electrons. The Balaban J connectivity index is 1.93. The highest BCUT2D eigenvalue weighted by Crippen LogP contribution is 2.23. The number of amides is 2. The molecule has 1 unspecified atom stereocenters. The van der Waals surface area contributed by atoms with Gasteiger partial charge in [-0.15, -0.1) is 0 Å². The second-order valence-electron chi connectivity index (χ2n) is 5.59. The molecule has 1 atom stereocenters. The molecule has 0 fully saturated rings. The molecule has 5 nitrogen and oxygen atoms in total. The minimum Gasteiger partial charge on any atom is -0.391 e. The summed E-state index contributed by atoms with van der Waals surface area (Å²) in [5, 5.41) is 15.2. The van der Waals surface area contributed by atoms with Gasteiger partial charge < -0.3 is 15.7 Å². The van der Waals surface area contributed by atoms with Crippen LogP contribution in [0.1, 0.15) is 36.2 Å². The van der Waals surface area contributed by atoms with Crippen LogP contribution in [-0.4, -0.2) is 29.6 Å². The smallest absolute Gasteiger partial charge is 0.251 e. The first kappa shape index (κ1) is 14.5. The average Bonchev–Trinajstić information content (AvgIpc) is 2.74. The first-order valence-corrected chi connectivity index (χ1v) is 6.84. The fraction of sp³-hybridized carbons (Fsp3) is 0.467. The number of carbonyl (C=O) groups excluding carboxylic acids is 2. The van der Waals surface area contributed by atoms with E-state index in [0.29, 0.717) is 30.0 Å². The normalized spacial score (nSPS) is 14.9. The monoisotopic (exact) mass is 276 g/mol. The van der Waals surface area contributed by atoms with Gasteiger partial charge >= 0.3 is 0 Å². The molecule has 20 heavy (non-hydrogen) atoms. The molecule has 1 aromatic carbocycles. The molecule has 0 bridgehead atoms. The SMILES string of the molecule is CC(C)CC(O)CNC(=O)c1ccc2c(c1)NC(=O)C2. The quantitative estimate of drug-likeness (QED) is 0.759. The fourth-order valence-corrected chi connectivity index (χ4v) is 2.30. The van der Waals surface area contributed by atoms with Gasteiger partial charge in [0.15, 0.2) is 0 Å². The summed E-state index contributed by atoms with van der Waals surface area (Å²) in [6.45, 7) is 4.28. The molecule has 1 aromatic rings. The predicted octanol–water partition coefficient (Wildman–Crippen LogP) is 1.32. The number of aliphatic hydroxyl groups excluding tert-OH is 1. The molecule has 0 saturated carbocycles. The lowest BCUT2D eigenvalue weighted by atomic mass is 10.1. The third-order valence-corrected chi connectivity index (χ3v) is 3.24. The van der Waals surface area contributed by atoms with Crippen LogP contribution in [0.3, 0.4) is 0 Å². The Labute approximate surface area is 118 Å². The van der Waals surface area contributed by atoms with Crippen LogP contribution in [-0.2, 0) is 11.2 Å². The number of hydrogen-bond donors (Lipinski definition) is 3. The Bertz CT molecular complexity index is 526. The number of benzene rings is 1. The van der Waals surface area contributed by atoms with Crippen molar-refractivity contribution < 1.29 is 14.7 Å². The average molecular weight is 276 g/mol. The first-order chi connectivity index (χ1) is 9.45. The van der Waals surface area contributed by atoms with Crippen LogP contribution in [0, 0.1) is 5.92 Å². The maximum atomic E-state index is 12.0. The summed E-state index contributed by atoms with van der Waals surface area (Å²) in [6, 6.07) is 5.15. The number of aliphatic hydroxyl groups is 1. The molecule has 5 heteroatoms. The molecular weight excluding hydrogens is 256 g/mol. The molecule has 108 valence electrons. The summed E-state index contributed by atoms with van der Waals surface area (Å²) in [6.07, 6.45) is 0.485. The van der Waals surface area contributed by atoms with Crippen molar-refractivity contribution in [2.24, 2.45) is 5.92 Å². The first-order valence-electron chi connectivity index (χ1n) is 6.84. The van der Waals surface area contributed by atoms with Gasteiger partial charge in [0, 0.05) is 17.8 Å². The van der Waals surface area contributed by atoms with Crippen molar-refractivity contribution in [1.82, 2.24) is 5.32 Å². The van der Waals surface area contributed by atoms with E-state index in [1.165, 1.54) is 0 Å². The van der Waals surface area contributed by atoms with Gasteiger partial charge in [-0.2, -0.15) is 0 Å². The Kier molecular flexibility index (Phi) is 4.39. The van der Waals surface area contributed by atoms with Gasteiger partial charge in [-0.25, -0.2) is 0 Å². The van der Waals surface area contributed by atoms with E-state index >= 15 is 0 Å². The Morgan fingerprint density at radius 3 is 2.90 bits per heavy atom. The zero-order chi connectivity index (χ0) is 14.7. The van der Waals surface area contributed by atoms with Crippen molar-refractivity contribution in [3.8, 4) is 0 Å². The lowest BCUT2D eigenvalue weighted by molar-refractivity contribution is -0.115. The highest BCUT2D eigenvalue weighted by atomic mass is 16.3. The maximum absolute atomic E-state index is 12.0. The number of rotatable bonds is 5. The molecule has 0 aromatic heterocycles. The third-order valence-electron chi connectivity index (χ3n) is 3.24. The number of fused-ring (bicyclic) bond motifs is 1. The minimum atomic E-state index is -0.534. The molecular formula is C15H20N2O3. The Hall–Kier alpha value is -1.88. The number of anilines is 1. The van der Waals surface area contributed by atoms with Crippen molar-refractivity contribution in [3.63, 3.8) is 0 Å². The Morgan fingerprint density at radius 2 is 2.20 bits per heavy atom. The molecule has 3 N–H and O–H groups in total. The van der Waals surface area contributed by atoms with E-state index in [-0.39, 0.29) is 18.4 Å². The van der Waals surface area contributed by atoms with Gasteiger partial charge in [-0.05, 0) is 30.0 Å². The van der Waals surface area contributed by atoms with Crippen LogP contribution in [0.25, 0.3) is 0 Å². The minimum absolute atomic E-state index is 0.0510. The molecule has 1 heterocycles. The van der Waals surface area contributed by atoms with Gasteiger partial charge in [0.2, 0.25) is 5.91 Å². The molecule has 2 amide bonds. The molecule has 2 rings (SSSR count). The third kappa shape index (κ3) is 3.57. The van der Waals surface area contributed by atoms with E-state index in [9.17, 15) is 14.7 Å². The van der Waals surface area contributed by atoms with Crippen LogP contribution >= 0.6 is 0 Å². The summed E-state index contributed by atoms with van der Waals surface area (Å²) in [5.74, 6) is 0.0961. The molecule has 0 spiro atoms. The van der Waals surface area contributed by atoms with Gasteiger partial charge in [0.1, 0.15) is 0 Å². The largest absolute Gasteiger partial charge is 0.391 e. The van der Waals surface area contributed by atoms with E-state index in [0.717, 1.165) is 5.56 Å². The van der Waals surface area contributed by atoms with Crippen LogP contribution in [0.4, 0.5) is 5.69 Å². The van der Waals surface area contributed by atoms with Crippen molar-refractivity contribution in [3.05, 3.63) is 29.3 Å². The zero-order valence-electron chi connectivity index (χ0n) is 11.8. The van der Waals surface area contributed by atoms with E-state index in [1.54, 1.807) is 18.2 Å². The molecule has 1 aliphatic rings. The second kappa shape index (κ2) is 6.05. The van der Waals surface area contributed by atoms with E-state index < -0.39 is 6.10 Å². The number of carbonyl (C=O) groups is 2. The summed E-state index contributed by atoms with van der Waals surface area (Å²) >= 11 is 0. The molecule has 0 saturated heterocycles. The highest BCUT2D eigenvalue weighted by molar-refractivity contribution is 6.02. The van der Waals surface area contributed by atoms with Crippen molar-refractivity contribution in [2.75, 3.05) is 11.9 Å². The topological polar surface area (TPSA) is 78.4 Å². The number of hydrogen-bond acceptors (Lipinski definition) is 3. The van der Waals surface area contributed by atoms with Crippen LogP contribution in [0.2, 0.25) is 0 Å². The van der Waals surface area contributed by atoms with E-state index in [4.69, 9.17) is 0 Å². The summed E-state index contributed by atoms with van der Waals surface area (Å²) < 4.78 is 0. The fourth-order valence-electron chi connectivity index (χ4n) is 2.30. The van der Waals surface area contributed by atoms with Crippen LogP contribution in [0.15, 0.2) is 18.2 Å². The van der Waals surface area contributed by atoms with Gasteiger partial charge in [-0.1, -0.05) is 19.9 Å². The Morgan fingerprint density at radius 1 is 1.45 bits per heavy atom. The zero-order valence-corrected chi connectivity index (χ0v) is 11.8. The maximum Gasteiger partial charge on any atom is 0.251 e. The molecule has 0 aliphatic carbocycles. The van der Waals surface area contributed by atoms with Crippen molar-refractivity contribution in [2.45, 2.75) is 32.8 Å². The van der Waals surface area contributed by atoms with Crippen LogP contribution in [0.5, 0.6) is 0 Å². The number of nitrogens with one attached hydrogen (secondary N) is 2. The lowest BCUT2D eigenvalue weighted by Gasteiger charge is -2.14. The van der Waals surface area contributed by atoms with E-state index in [1.807, 2.05) is 13.8 Å². The standard InChI is InChI=1S/C15H20N2O3/c1-9(2)5-12(18)8-16-15(20)11-4-3-10-7-14(19)17-13(10)6-11/h3-4,6,9,12,18H,5,7-8H2,1-2H3,(H,16,20)(H,17,19). The van der Waals surface area contributed by atoms with E-state index in [2.05, 4.69) is 10.6 Å². The van der Waals surface area contributed by atoms with Gasteiger partial charge in [-0.3, -0.25) is 9.59 Å². The van der Waals surface area contributed by atoms with Crippen molar-refractivity contribution in [1.29, 1.82) is 0 Å². The highest BCUT2D eigenvalue weighted by Gasteiger charge is 2.19. The van der Waals surface area contributed by atoms with Gasteiger partial charge in [0.05, 0.1) is 12.5 Å². The van der Waals surface area contributed by atoms with Crippen molar-refractivity contribution >= 4 is 17.5 Å². The van der Waals surface area contributed by atoms with Crippen LogP contribution < -0.4 is 10.6 Å². The van der Waals surface area contributed by atoms with Gasteiger partial charge in [0.25, 0.3) is 5.91 Å². The summed E-state index contributed by atoms with van der Waals surface area (Å²) in [7, 11) is 0. The lowest BCUT2D eigenvalue weighted by Crippen LogP contribution is -2.32. The summed E-state index contributed by atoms with van der Waals surface area (Å²) in [5.41, 5.74) is 2.10. The predicted molar refractivity (Wildman–Crippen MR) is 76.6 cm³/mol. The second-order valence-corrected chi connectivity index (χ2v) is 5.59. The summed E-state index contributed by atoms with van der Waals surface area (Å²) in [4.78, 5) is 23.2.